The number of nitrogens with zero attached hydrogens (tertiary/aromatic N) is 1. The van der Waals surface area contributed by atoms with Gasteiger partial charge in [0.15, 0.2) is 6.61 Å². The minimum Gasteiger partial charge on any atom is -0.484 e. The quantitative estimate of drug-likeness (QED) is 0.206. The summed E-state index contributed by atoms with van der Waals surface area (Å²) >= 11 is 23.7. The Hall–Kier alpha value is -3.30. The van der Waals surface area contributed by atoms with Crippen molar-refractivity contribution < 1.29 is 19.1 Å². The monoisotopic (exact) mass is 552 g/mol. The molecule has 0 heterocycles. The first kappa shape index (κ1) is 26.3. The fourth-order valence-corrected chi connectivity index (χ4v) is 3.38. The third kappa shape index (κ3) is 7.87. The van der Waals surface area contributed by atoms with Crippen molar-refractivity contribution in [3.63, 3.8) is 0 Å². The molecule has 0 spiro atoms. The van der Waals surface area contributed by atoms with Crippen molar-refractivity contribution in [1.29, 1.82) is 0 Å². The lowest BCUT2D eigenvalue weighted by molar-refractivity contribution is -0.136. The SMILES string of the molecule is O=C(COc1ccc(/C=N\NC(=O)C(=O)Nc2cccc(Cl)c2Cl)cc1)Nc1ccc(Cl)cc1Cl. The Labute approximate surface area is 220 Å². The number of rotatable bonds is 7. The van der Waals surface area contributed by atoms with E-state index in [4.69, 9.17) is 51.1 Å². The lowest BCUT2D eigenvalue weighted by atomic mass is 10.2. The van der Waals surface area contributed by atoms with E-state index in [-0.39, 0.29) is 22.3 Å². The Morgan fingerprint density at radius 1 is 0.829 bits per heavy atom. The smallest absolute Gasteiger partial charge is 0.329 e. The summed E-state index contributed by atoms with van der Waals surface area (Å²) in [5, 5.41) is 9.84. The molecule has 0 atom stereocenters. The molecule has 0 aliphatic rings. The average molecular weight is 554 g/mol. The predicted molar refractivity (Wildman–Crippen MR) is 138 cm³/mol. The zero-order valence-corrected chi connectivity index (χ0v) is 20.7. The van der Waals surface area contributed by atoms with Gasteiger partial charge in [0.2, 0.25) is 0 Å². The average Bonchev–Trinajstić information content (AvgIpc) is 2.83. The summed E-state index contributed by atoms with van der Waals surface area (Å²) in [6, 6.07) is 15.8. The fourth-order valence-electron chi connectivity index (χ4n) is 2.57. The van der Waals surface area contributed by atoms with Gasteiger partial charge in [-0.15, -0.1) is 0 Å². The number of nitrogens with one attached hydrogen (secondary N) is 3. The van der Waals surface area contributed by atoms with Crippen LogP contribution in [-0.4, -0.2) is 30.5 Å². The molecule has 180 valence electrons. The van der Waals surface area contributed by atoms with Crippen molar-refractivity contribution in [2.24, 2.45) is 5.10 Å². The van der Waals surface area contributed by atoms with E-state index in [0.717, 1.165) is 0 Å². The number of halogens is 4. The summed E-state index contributed by atoms with van der Waals surface area (Å²) in [7, 11) is 0. The van der Waals surface area contributed by atoms with Crippen LogP contribution in [0.1, 0.15) is 5.56 Å². The first-order valence-electron chi connectivity index (χ1n) is 9.79. The van der Waals surface area contributed by atoms with Crippen LogP contribution in [0, 0.1) is 0 Å². The highest BCUT2D eigenvalue weighted by Gasteiger charge is 2.15. The van der Waals surface area contributed by atoms with Crippen LogP contribution in [0.2, 0.25) is 20.1 Å². The standard InChI is InChI=1S/C23H16Cl4N4O4/c24-14-6-9-18(17(26)10-14)29-20(32)12-35-15-7-4-13(5-8-15)11-28-31-23(34)22(33)30-19-3-1-2-16(25)21(19)27/h1-11H,12H2,(H,29,32)(H,30,33)(H,31,34)/b28-11-. The summed E-state index contributed by atoms with van der Waals surface area (Å²) in [5.41, 5.74) is 3.33. The summed E-state index contributed by atoms with van der Waals surface area (Å²) < 4.78 is 5.44. The van der Waals surface area contributed by atoms with Gasteiger partial charge in [-0.1, -0.05) is 52.5 Å². The van der Waals surface area contributed by atoms with Crippen molar-refractivity contribution in [1.82, 2.24) is 5.43 Å². The van der Waals surface area contributed by atoms with E-state index in [1.807, 2.05) is 0 Å². The van der Waals surface area contributed by atoms with Crippen LogP contribution in [0.25, 0.3) is 0 Å². The van der Waals surface area contributed by atoms with Gasteiger partial charge in [0.05, 0.1) is 32.7 Å². The van der Waals surface area contributed by atoms with Crippen molar-refractivity contribution in [2.75, 3.05) is 17.2 Å². The molecule has 0 fully saturated rings. The van der Waals surface area contributed by atoms with Crippen molar-refractivity contribution in [3.8, 4) is 5.75 Å². The maximum Gasteiger partial charge on any atom is 0.329 e. The predicted octanol–water partition coefficient (Wildman–Crippen LogP) is 5.41. The highest BCUT2D eigenvalue weighted by molar-refractivity contribution is 6.45. The molecule has 0 radical (unpaired) electrons. The van der Waals surface area contributed by atoms with Gasteiger partial charge in [0, 0.05) is 5.02 Å². The summed E-state index contributed by atoms with van der Waals surface area (Å²) in [6.45, 7) is -0.242. The number of carbonyl (C=O) groups excluding carboxylic acids is 3. The first-order chi connectivity index (χ1) is 16.7. The molecule has 0 saturated carbocycles. The third-order valence-corrected chi connectivity index (χ3v) is 5.61. The maximum atomic E-state index is 12.1. The summed E-state index contributed by atoms with van der Waals surface area (Å²) in [5.74, 6) is -1.93. The molecular formula is C23H16Cl4N4O4. The molecule has 3 rings (SSSR count). The van der Waals surface area contributed by atoms with Gasteiger partial charge in [-0.3, -0.25) is 14.4 Å². The number of benzene rings is 3. The van der Waals surface area contributed by atoms with Gasteiger partial charge in [-0.2, -0.15) is 5.10 Å². The Morgan fingerprint density at radius 3 is 2.29 bits per heavy atom. The van der Waals surface area contributed by atoms with E-state index in [9.17, 15) is 14.4 Å². The number of hydrogen-bond acceptors (Lipinski definition) is 5. The second-order valence-corrected chi connectivity index (χ2v) is 8.41. The fraction of sp³-hybridized carbons (Fsp3) is 0.0435. The van der Waals surface area contributed by atoms with E-state index >= 15 is 0 Å². The number of anilines is 2. The Bertz CT molecular complexity index is 1280. The Balaban J connectivity index is 1.45. The molecule has 0 bridgehead atoms. The number of carbonyl (C=O) groups is 3. The van der Waals surface area contributed by atoms with E-state index in [1.165, 1.54) is 18.3 Å². The summed E-state index contributed by atoms with van der Waals surface area (Å²) in [6.07, 6.45) is 1.33. The van der Waals surface area contributed by atoms with E-state index in [0.29, 0.717) is 27.0 Å². The van der Waals surface area contributed by atoms with Crippen LogP contribution in [0.15, 0.2) is 65.8 Å². The molecule has 0 unspecified atom stereocenters. The highest BCUT2D eigenvalue weighted by Crippen LogP contribution is 2.29. The second kappa shape index (κ2) is 12.4. The van der Waals surface area contributed by atoms with Crippen LogP contribution in [0.5, 0.6) is 5.75 Å². The second-order valence-electron chi connectivity index (χ2n) is 6.78. The molecule has 8 nitrogen and oxygen atoms in total. The molecule has 3 aromatic rings. The zero-order valence-electron chi connectivity index (χ0n) is 17.7. The molecule has 0 aliphatic carbocycles. The van der Waals surface area contributed by atoms with Crippen molar-refractivity contribution >= 4 is 81.7 Å². The minimum atomic E-state index is -0.996. The molecule has 0 aromatic heterocycles. The molecule has 3 amide bonds. The van der Waals surface area contributed by atoms with Gasteiger partial charge in [0.1, 0.15) is 5.75 Å². The number of amides is 3. The van der Waals surface area contributed by atoms with E-state index in [1.54, 1.807) is 48.5 Å². The van der Waals surface area contributed by atoms with Gasteiger partial charge < -0.3 is 15.4 Å². The Kier molecular flexibility index (Phi) is 9.33. The topological polar surface area (TPSA) is 109 Å². The van der Waals surface area contributed by atoms with Crippen LogP contribution < -0.4 is 20.8 Å². The number of hydrogen-bond donors (Lipinski definition) is 3. The zero-order chi connectivity index (χ0) is 25.4. The molecule has 12 heteroatoms. The highest BCUT2D eigenvalue weighted by atomic mass is 35.5. The molecule has 3 aromatic carbocycles. The van der Waals surface area contributed by atoms with Gasteiger partial charge >= 0.3 is 11.8 Å². The van der Waals surface area contributed by atoms with Crippen LogP contribution >= 0.6 is 46.4 Å². The molecule has 0 aliphatic heterocycles. The van der Waals surface area contributed by atoms with Gasteiger partial charge in [-0.25, -0.2) is 5.43 Å². The minimum absolute atomic E-state index is 0.118. The molecule has 3 N–H and O–H groups in total. The largest absolute Gasteiger partial charge is 0.484 e. The summed E-state index contributed by atoms with van der Waals surface area (Å²) in [4.78, 5) is 36.0. The molecule has 35 heavy (non-hydrogen) atoms. The Morgan fingerprint density at radius 2 is 1.57 bits per heavy atom. The lowest BCUT2D eigenvalue weighted by Crippen LogP contribution is -2.32. The van der Waals surface area contributed by atoms with Crippen LogP contribution in [-0.2, 0) is 14.4 Å². The molecule has 0 saturated heterocycles. The third-order valence-electron chi connectivity index (χ3n) is 4.24. The van der Waals surface area contributed by atoms with Gasteiger partial charge in [-0.05, 0) is 60.2 Å². The molecular weight excluding hydrogens is 538 g/mol. The van der Waals surface area contributed by atoms with Gasteiger partial charge in [0.25, 0.3) is 5.91 Å². The normalized spacial score (nSPS) is 10.6. The lowest BCUT2D eigenvalue weighted by Gasteiger charge is -2.09. The van der Waals surface area contributed by atoms with Crippen molar-refractivity contribution in [3.05, 3.63) is 86.3 Å². The van der Waals surface area contributed by atoms with E-state index < -0.39 is 17.7 Å². The first-order valence-corrected chi connectivity index (χ1v) is 11.3. The number of hydrazone groups is 1. The van der Waals surface area contributed by atoms with Crippen LogP contribution in [0.4, 0.5) is 11.4 Å². The van der Waals surface area contributed by atoms with Crippen LogP contribution in [0.3, 0.4) is 0 Å². The van der Waals surface area contributed by atoms with E-state index in [2.05, 4.69) is 21.2 Å². The maximum absolute atomic E-state index is 12.1. The van der Waals surface area contributed by atoms with Crippen molar-refractivity contribution in [2.45, 2.75) is 0 Å². The number of ether oxygens (including phenoxy) is 1.